The standard InChI is InChI=1S/C27H36N8O5/c1-4-10-34(25(37)14-28-18-36)16-23-29-12-21(32-23)19-6-8-20(9-7-19)22-13-30-24(33-22)17-35(11-5-2)26(38)15-31-27(39)40-3/h6-9,12-13,18H,4-5,10-11,14-17H2,1-3H3,(H,28,36)(H,29,32)(H,30,33)(H,31,39). The predicted molar refractivity (Wildman–Crippen MR) is 147 cm³/mol. The third kappa shape index (κ3) is 8.41. The van der Waals surface area contributed by atoms with Crippen LogP contribution in [0.25, 0.3) is 22.5 Å². The first-order valence-corrected chi connectivity index (χ1v) is 13.1. The van der Waals surface area contributed by atoms with Gasteiger partial charge >= 0.3 is 6.09 Å². The van der Waals surface area contributed by atoms with Gasteiger partial charge in [0.05, 0.1) is 50.5 Å². The molecule has 3 aromatic rings. The van der Waals surface area contributed by atoms with Crippen LogP contribution in [0.2, 0.25) is 0 Å². The molecule has 0 aliphatic heterocycles. The fourth-order valence-corrected chi connectivity index (χ4v) is 4.07. The van der Waals surface area contributed by atoms with Gasteiger partial charge in [-0.15, -0.1) is 0 Å². The number of carbonyl (C=O) groups excluding carboxylic acids is 4. The molecule has 0 saturated heterocycles. The summed E-state index contributed by atoms with van der Waals surface area (Å²) in [6.45, 7) is 5.45. The highest BCUT2D eigenvalue weighted by Crippen LogP contribution is 2.23. The Labute approximate surface area is 232 Å². The second kappa shape index (κ2) is 15.0. The van der Waals surface area contributed by atoms with Gasteiger partial charge in [0.2, 0.25) is 18.2 Å². The van der Waals surface area contributed by atoms with Crippen LogP contribution in [0.15, 0.2) is 36.7 Å². The zero-order valence-corrected chi connectivity index (χ0v) is 23.0. The Balaban J connectivity index is 1.64. The Bertz CT molecular complexity index is 1270. The van der Waals surface area contributed by atoms with E-state index in [4.69, 9.17) is 0 Å². The fraction of sp³-hybridized carbons (Fsp3) is 0.407. The first kappa shape index (κ1) is 29.9. The van der Waals surface area contributed by atoms with Crippen molar-refractivity contribution in [2.24, 2.45) is 0 Å². The summed E-state index contributed by atoms with van der Waals surface area (Å²) in [5.41, 5.74) is 3.47. The van der Waals surface area contributed by atoms with Crippen molar-refractivity contribution in [1.29, 1.82) is 0 Å². The van der Waals surface area contributed by atoms with Crippen LogP contribution in [0.3, 0.4) is 0 Å². The van der Waals surface area contributed by atoms with Crippen molar-refractivity contribution < 1.29 is 23.9 Å². The second-order valence-corrected chi connectivity index (χ2v) is 9.04. The molecule has 0 fully saturated rings. The number of aromatic amines is 2. The lowest BCUT2D eigenvalue weighted by molar-refractivity contribution is -0.132. The molecule has 13 nitrogen and oxygen atoms in total. The van der Waals surface area contributed by atoms with E-state index in [1.54, 1.807) is 22.2 Å². The summed E-state index contributed by atoms with van der Waals surface area (Å²) in [5, 5.41) is 4.82. The van der Waals surface area contributed by atoms with E-state index in [1.165, 1.54) is 7.11 Å². The van der Waals surface area contributed by atoms with Crippen molar-refractivity contribution in [2.45, 2.75) is 39.8 Å². The number of hydrogen-bond donors (Lipinski definition) is 4. The molecular formula is C27H36N8O5. The molecule has 214 valence electrons. The molecule has 0 saturated carbocycles. The first-order chi connectivity index (χ1) is 19.4. The van der Waals surface area contributed by atoms with Gasteiger partial charge in [0.25, 0.3) is 0 Å². The molecule has 0 aliphatic carbocycles. The van der Waals surface area contributed by atoms with Crippen LogP contribution in [0.5, 0.6) is 0 Å². The summed E-state index contributed by atoms with van der Waals surface area (Å²) >= 11 is 0. The Morgan fingerprint density at radius 3 is 1.75 bits per heavy atom. The topological polar surface area (TPSA) is 165 Å². The Hall–Kier alpha value is -4.68. The van der Waals surface area contributed by atoms with E-state index >= 15 is 0 Å². The van der Waals surface area contributed by atoms with Gasteiger partial charge in [-0.2, -0.15) is 0 Å². The van der Waals surface area contributed by atoms with Gasteiger partial charge in [-0.05, 0) is 24.0 Å². The highest BCUT2D eigenvalue weighted by Gasteiger charge is 2.17. The highest BCUT2D eigenvalue weighted by molar-refractivity contribution is 5.82. The quantitative estimate of drug-likeness (QED) is 0.209. The molecular weight excluding hydrogens is 516 g/mol. The van der Waals surface area contributed by atoms with E-state index in [1.807, 2.05) is 38.1 Å². The summed E-state index contributed by atoms with van der Waals surface area (Å²) < 4.78 is 4.52. The van der Waals surface area contributed by atoms with E-state index in [0.717, 1.165) is 35.4 Å². The molecule has 0 radical (unpaired) electrons. The van der Waals surface area contributed by atoms with Crippen LogP contribution in [0.4, 0.5) is 4.79 Å². The van der Waals surface area contributed by atoms with Crippen molar-refractivity contribution in [1.82, 2.24) is 40.4 Å². The lowest BCUT2D eigenvalue weighted by Gasteiger charge is -2.21. The molecule has 0 spiro atoms. The smallest absolute Gasteiger partial charge is 0.407 e. The molecule has 3 rings (SSSR count). The minimum absolute atomic E-state index is 0.0482. The number of amides is 4. The summed E-state index contributed by atoms with van der Waals surface area (Å²) in [6.07, 6.45) is 4.85. The van der Waals surface area contributed by atoms with Crippen LogP contribution in [0, 0.1) is 0 Å². The van der Waals surface area contributed by atoms with Crippen molar-refractivity contribution in [3.05, 3.63) is 48.3 Å². The Kier molecular flexibility index (Phi) is 11.2. The summed E-state index contributed by atoms with van der Waals surface area (Å²) in [5.74, 6) is 0.883. The van der Waals surface area contributed by atoms with Crippen LogP contribution >= 0.6 is 0 Å². The molecule has 0 aliphatic rings. The lowest BCUT2D eigenvalue weighted by Crippen LogP contribution is -2.40. The van der Waals surface area contributed by atoms with Crippen LogP contribution in [-0.2, 0) is 32.2 Å². The van der Waals surface area contributed by atoms with Crippen LogP contribution in [0.1, 0.15) is 38.3 Å². The zero-order chi connectivity index (χ0) is 28.9. The van der Waals surface area contributed by atoms with Gasteiger partial charge in [0.1, 0.15) is 18.2 Å². The number of ether oxygens (including phenoxy) is 1. The number of hydrogen-bond acceptors (Lipinski definition) is 7. The number of nitrogens with one attached hydrogen (secondary N) is 4. The number of methoxy groups -OCH3 is 1. The van der Waals surface area contributed by atoms with Crippen LogP contribution < -0.4 is 10.6 Å². The average molecular weight is 553 g/mol. The maximum absolute atomic E-state index is 12.5. The number of aromatic nitrogens is 4. The maximum atomic E-state index is 12.5. The van der Waals surface area contributed by atoms with Crippen molar-refractivity contribution in [3.8, 4) is 22.5 Å². The van der Waals surface area contributed by atoms with E-state index in [2.05, 4.69) is 35.3 Å². The molecule has 4 N–H and O–H groups in total. The summed E-state index contributed by atoms with van der Waals surface area (Å²) in [4.78, 5) is 65.4. The van der Waals surface area contributed by atoms with Crippen LogP contribution in [-0.4, -0.2) is 87.3 Å². The molecule has 2 aromatic heterocycles. The number of nitrogens with zero attached hydrogens (tertiary/aromatic N) is 4. The number of carbonyl (C=O) groups is 4. The van der Waals surface area contributed by atoms with E-state index < -0.39 is 6.09 Å². The van der Waals surface area contributed by atoms with Gasteiger partial charge in [0.15, 0.2) is 0 Å². The first-order valence-electron chi connectivity index (χ1n) is 13.1. The minimum atomic E-state index is -0.655. The molecule has 13 heteroatoms. The fourth-order valence-electron chi connectivity index (χ4n) is 4.07. The maximum Gasteiger partial charge on any atom is 0.407 e. The number of benzene rings is 1. The molecule has 0 unspecified atom stereocenters. The largest absolute Gasteiger partial charge is 0.453 e. The number of rotatable bonds is 15. The van der Waals surface area contributed by atoms with Gasteiger partial charge in [-0.3, -0.25) is 14.4 Å². The molecule has 4 amide bonds. The third-order valence-electron chi connectivity index (χ3n) is 6.04. The van der Waals surface area contributed by atoms with Gasteiger partial charge in [-0.1, -0.05) is 38.1 Å². The summed E-state index contributed by atoms with van der Waals surface area (Å²) in [7, 11) is 1.25. The summed E-state index contributed by atoms with van der Waals surface area (Å²) in [6, 6.07) is 7.84. The van der Waals surface area contributed by atoms with Gasteiger partial charge in [-0.25, -0.2) is 14.8 Å². The van der Waals surface area contributed by atoms with E-state index in [-0.39, 0.29) is 31.4 Å². The number of alkyl carbamates (subject to hydrolysis) is 1. The molecule has 0 bridgehead atoms. The molecule has 2 heterocycles. The van der Waals surface area contributed by atoms with Crippen molar-refractivity contribution >= 4 is 24.3 Å². The highest BCUT2D eigenvalue weighted by atomic mass is 16.5. The SMILES string of the molecule is CCCN(Cc1ncc(-c2ccc(-c3cnc(CN(CCC)C(=O)CNC(=O)OC)[nH]3)cc2)[nH]1)C(=O)CNC=O. The van der Waals surface area contributed by atoms with Crippen molar-refractivity contribution in [3.63, 3.8) is 0 Å². The molecule has 40 heavy (non-hydrogen) atoms. The normalized spacial score (nSPS) is 10.6. The number of imidazole rings is 2. The monoisotopic (exact) mass is 552 g/mol. The van der Waals surface area contributed by atoms with E-state index in [0.29, 0.717) is 37.7 Å². The second-order valence-electron chi connectivity index (χ2n) is 9.04. The zero-order valence-electron chi connectivity index (χ0n) is 23.0. The molecule has 0 atom stereocenters. The lowest BCUT2D eigenvalue weighted by atomic mass is 10.1. The third-order valence-corrected chi connectivity index (χ3v) is 6.04. The Morgan fingerprint density at radius 1 is 0.850 bits per heavy atom. The van der Waals surface area contributed by atoms with E-state index in [9.17, 15) is 19.2 Å². The minimum Gasteiger partial charge on any atom is -0.453 e. The molecule has 1 aromatic carbocycles. The Morgan fingerprint density at radius 2 is 1.32 bits per heavy atom. The van der Waals surface area contributed by atoms with Gasteiger partial charge < -0.3 is 35.1 Å². The number of H-pyrrole nitrogens is 2. The predicted octanol–water partition coefficient (Wildman–Crippen LogP) is 2.05. The van der Waals surface area contributed by atoms with Gasteiger partial charge in [0, 0.05) is 13.1 Å². The average Bonchev–Trinajstić information content (AvgIpc) is 3.64. The van der Waals surface area contributed by atoms with Crippen molar-refractivity contribution in [2.75, 3.05) is 33.3 Å².